The molecule has 0 unspecified atom stereocenters. The minimum atomic E-state index is -3.69. The Kier molecular flexibility index (Phi) is 5.15. The highest BCUT2D eigenvalue weighted by atomic mass is 35.5. The number of halogens is 1. The summed E-state index contributed by atoms with van der Waals surface area (Å²) in [6.07, 6.45) is 0.715. The van der Waals surface area contributed by atoms with Crippen molar-refractivity contribution in [3.05, 3.63) is 33.8 Å². The van der Waals surface area contributed by atoms with Crippen molar-refractivity contribution < 1.29 is 8.42 Å². The summed E-state index contributed by atoms with van der Waals surface area (Å²) < 4.78 is 27.1. The van der Waals surface area contributed by atoms with Gasteiger partial charge in [-0.05, 0) is 37.2 Å². The van der Waals surface area contributed by atoms with Crippen LogP contribution in [0.5, 0.6) is 0 Å². The summed E-state index contributed by atoms with van der Waals surface area (Å²) in [5, 5.41) is 12.2. The van der Waals surface area contributed by atoms with Crippen LogP contribution in [0.25, 0.3) is 0 Å². The van der Waals surface area contributed by atoms with E-state index in [0.29, 0.717) is 23.6 Å². The van der Waals surface area contributed by atoms with Crippen LogP contribution < -0.4 is 10.0 Å². The highest BCUT2D eigenvalue weighted by Crippen LogP contribution is 2.24. The summed E-state index contributed by atoms with van der Waals surface area (Å²) in [5.74, 6) is 0. The van der Waals surface area contributed by atoms with E-state index >= 15 is 0 Å². The van der Waals surface area contributed by atoms with Gasteiger partial charge in [-0.2, -0.15) is 0 Å². The van der Waals surface area contributed by atoms with Gasteiger partial charge in [-0.15, -0.1) is 10.2 Å². The molecule has 0 fully saturated rings. The Labute approximate surface area is 132 Å². The lowest BCUT2D eigenvalue weighted by Crippen LogP contribution is -2.14. The predicted octanol–water partition coefficient (Wildman–Crippen LogP) is 2.27. The molecule has 0 saturated carbocycles. The van der Waals surface area contributed by atoms with E-state index in [9.17, 15) is 8.42 Å². The molecule has 0 atom stereocenters. The summed E-state index contributed by atoms with van der Waals surface area (Å²) in [5.41, 5.74) is 0.716. The molecule has 2 N–H and O–H groups in total. The van der Waals surface area contributed by atoms with E-state index in [4.69, 9.17) is 11.6 Å². The normalized spacial score (nSPS) is 11.6. The van der Waals surface area contributed by atoms with Crippen molar-refractivity contribution in [1.29, 1.82) is 0 Å². The average Bonchev–Trinajstić information content (AvgIpc) is 2.88. The average molecular weight is 347 g/mol. The van der Waals surface area contributed by atoms with Crippen molar-refractivity contribution in [2.45, 2.75) is 24.8 Å². The fourth-order valence-electron chi connectivity index (χ4n) is 1.66. The molecule has 0 amide bonds. The Balaban J connectivity index is 2.28. The minimum absolute atomic E-state index is 0.144. The van der Waals surface area contributed by atoms with Crippen molar-refractivity contribution in [3.8, 4) is 0 Å². The maximum Gasteiger partial charge on any atom is 0.263 e. The molecule has 0 bridgehead atoms. The lowest BCUT2D eigenvalue weighted by atomic mass is 10.2. The van der Waals surface area contributed by atoms with Crippen LogP contribution in [-0.4, -0.2) is 25.7 Å². The number of benzene rings is 1. The molecular weight excluding hydrogens is 332 g/mol. The molecule has 21 heavy (non-hydrogen) atoms. The van der Waals surface area contributed by atoms with Gasteiger partial charge in [0.25, 0.3) is 10.0 Å². The minimum Gasteiger partial charge on any atom is -0.316 e. The topological polar surface area (TPSA) is 84.0 Å². The summed E-state index contributed by atoms with van der Waals surface area (Å²) in [6.45, 7) is 2.42. The van der Waals surface area contributed by atoms with E-state index in [1.165, 1.54) is 17.4 Å². The standard InChI is InChI=1S/C12H15ClN4O2S2/c1-3-11-15-16-12(20-11)17-21(18,19)9-4-5-10(13)8(6-9)7-14-2/h4-6,14H,3,7H2,1-2H3,(H,16,17). The summed E-state index contributed by atoms with van der Waals surface area (Å²) in [6, 6.07) is 4.58. The maximum absolute atomic E-state index is 12.3. The molecule has 1 heterocycles. The molecule has 0 spiro atoms. The van der Waals surface area contributed by atoms with Crippen LogP contribution in [0, 0.1) is 0 Å². The second-order valence-electron chi connectivity index (χ2n) is 4.24. The van der Waals surface area contributed by atoms with Crippen LogP contribution in [-0.2, 0) is 23.0 Å². The maximum atomic E-state index is 12.3. The Morgan fingerprint density at radius 2 is 2.10 bits per heavy atom. The monoisotopic (exact) mass is 346 g/mol. The number of rotatable bonds is 6. The van der Waals surface area contributed by atoms with Crippen molar-refractivity contribution in [1.82, 2.24) is 15.5 Å². The molecule has 0 aliphatic carbocycles. The van der Waals surface area contributed by atoms with Crippen molar-refractivity contribution in [2.24, 2.45) is 0 Å². The van der Waals surface area contributed by atoms with E-state index in [0.717, 1.165) is 5.01 Å². The highest BCUT2D eigenvalue weighted by Gasteiger charge is 2.18. The number of hydrogen-bond acceptors (Lipinski definition) is 6. The van der Waals surface area contributed by atoms with E-state index in [2.05, 4.69) is 20.2 Å². The van der Waals surface area contributed by atoms with E-state index in [1.54, 1.807) is 19.2 Å². The van der Waals surface area contributed by atoms with E-state index in [1.807, 2.05) is 6.92 Å². The van der Waals surface area contributed by atoms with Gasteiger partial charge in [0.05, 0.1) is 4.90 Å². The Morgan fingerprint density at radius 3 is 2.71 bits per heavy atom. The summed E-state index contributed by atoms with van der Waals surface area (Å²) in [7, 11) is -1.93. The third kappa shape index (κ3) is 3.91. The Bertz CT molecular complexity index is 731. The van der Waals surface area contributed by atoms with Crippen molar-refractivity contribution in [2.75, 3.05) is 11.8 Å². The first-order valence-electron chi connectivity index (χ1n) is 6.24. The second kappa shape index (κ2) is 6.69. The molecule has 2 aromatic rings. The van der Waals surface area contributed by atoms with Crippen LogP contribution in [0.2, 0.25) is 5.02 Å². The zero-order chi connectivity index (χ0) is 15.5. The SMILES string of the molecule is CCc1nnc(NS(=O)(=O)c2ccc(Cl)c(CNC)c2)s1. The molecule has 9 heteroatoms. The zero-order valence-corrected chi connectivity index (χ0v) is 13.9. The fourth-order valence-corrected chi connectivity index (χ4v) is 3.80. The van der Waals surface area contributed by atoms with Gasteiger partial charge in [0.15, 0.2) is 0 Å². The molecule has 0 aliphatic heterocycles. The zero-order valence-electron chi connectivity index (χ0n) is 11.6. The van der Waals surface area contributed by atoms with Gasteiger partial charge in [0.1, 0.15) is 5.01 Å². The lowest BCUT2D eigenvalue weighted by molar-refractivity contribution is 0.601. The first-order valence-corrected chi connectivity index (χ1v) is 8.92. The van der Waals surface area contributed by atoms with E-state index < -0.39 is 10.0 Å². The molecule has 1 aromatic heterocycles. The molecule has 0 aliphatic rings. The van der Waals surface area contributed by atoms with Gasteiger partial charge in [-0.1, -0.05) is 29.9 Å². The van der Waals surface area contributed by atoms with Gasteiger partial charge in [0.2, 0.25) is 5.13 Å². The third-order valence-electron chi connectivity index (χ3n) is 2.69. The van der Waals surface area contributed by atoms with Crippen LogP contribution in [0.15, 0.2) is 23.1 Å². The smallest absolute Gasteiger partial charge is 0.263 e. The fraction of sp³-hybridized carbons (Fsp3) is 0.333. The van der Waals surface area contributed by atoms with Gasteiger partial charge in [-0.25, -0.2) is 8.42 Å². The summed E-state index contributed by atoms with van der Waals surface area (Å²) in [4.78, 5) is 0.144. The number of aromatic nitrogens is 2. The van der Waals surface area contributed by atoms with Crippen LogP contribution in [0.3, 0.4) is 0 Å². The van der Waals surface area contributed by atoms with E-state index in [-0.39, 0.29) is 10.0 Å². The molecule has 0 radical (unpaired) electrons. The third-order valence-corrected chi connectivity index (χ3v) is 5.50. The van der Waals surface area contributed by atoms with Crippen molar-refractivity contribution >= 4 is 38.1 Å². The number of nitrogens with zero attached hydrogens (tertiary/aromatic N) is 2. The molecule has 2 rings (SSSR count). The van der Waals surface area contributed by atoms with Crippen LogP contribution >= 0.6 is 22.9 Å². The second-order valence-corrected chi connectivity index (χ2v) is 7.40. The molecular formula is C12H15ClN4O2S2. The number of hydrogen-bond donors (Lipinski definition) is 2. The highest BCUT2D eigenvalue weighted by molar-refractivity contribution is 7.93. The predicted molar refractivity (Wildman–Crippen MR) is 84.3 cm³/mol. The quantitative estimate of drug-likeness (QED) is 0.838. The summed E-state index contributed by atoms with van der Waals surface area (Å²) >= 11 is 7.25. The number of anilines is 1. The van der Waals surface area contributed by atoms with Crippen LogP contribution in [0.1, 0.15) is 17.5 Å². The van der Waals surface area contributed by atoms with Gasteiger partial charge in [0, 0.05) is 11.6 Å². The first-order chi connectivity index (χ1) is 9.96. The Morgan fingerprint density at radius 1 is 1.33 bits per heavy atom. The number of aryl methyl sites for hydroxylation is 1. The first kappa shape index (κ1) is 16.2. The molecule has 114 valence electrons. The molecule has 1 aromatic carbocycles. The molecule has 0 saturated heterocycles. The van der Waals surface area contributed by atoms with Gasteiger partial charge < -0.3 is 5.32 Å². The number of sulfonamides is 1. The Hall–Kier alpha value is -1.22. The van der Waals surface area contributed by atoms with Gasteiger partial charge >= 0.3 is 0 Å². The van der Waals surface area contributed by atoms with Gasteiger partial charge in [-0.3, -0.25) is 4.72 Å². The van der Waals surface area contributed by atoms with Crippen molar-refractivity contribution in [3.63, 3.8) is 0 Å². The largest absolute Gasteiger partial charge is 0.316 e. The molecule has 6 nitrogen and oxygen atoms in total. The van der Waals surface area contributed by atoms with Crippen LogP contribution in [0.4, 0.5) is 5.13 Å². The number of nitrogens with one attached hydrogen (secondary N) is 2. The lowest BCUT2D eigenvalue weighted by Gasteiger charge is -2.08.